The van der Waals surface area contributed by atoms with E-state index in [2.05, 4.69) is 4.72 Å². The molecule has 0 spiro atoms. The van der Waals surface area contributed by atoms with Crippen LogP contribution in [0.15, 0.2) is 10.3 Å². The van der Waals surface area contributed by atoms with Crippen LogP contribution in [0.1, 0.15) is 16.9 Å². The highest BCUT2D eigenvalue weighted by molar-refractivity contribution is 7.89. The molecule has 0 unspecified atom stereocenters. The zero-order valence-corrected chi connectivity index (χ0v) is 12.6. The zero-order valence-electron chi connectivity index (χ0n) is 10.9. The summed E-state index contributed by atoms with van der Waals surface area (Å²) in [6.45, 7) is 2.73. The van der Waals surface area contributed by atoms with Gasteiger partial charge in [-0.15, -0.1) is 11.3 Å². The Kier molecular flexibility index (Phi) is 5.74. The normalized spacial score (nSPS) is 12.3. The van der Waals surface area contributed by atoms with Gasteiger partial charge in [0.25, 0.3) is 0 Å². The molecule has 1 heterocycles. The quantitative estimate of drug-likeness (QED) is 0.729. The lowest BCUT2D eigenvalue weighted by molar-refractivity contribution is 0.282. The molecule has 0 saturated carbocycles. The van der Waals surface area contributed by atoms with E-state index in [1.54, 1.807) is 12.3 Å². The number of hydrogen-bond donors (Lipinski definition) is 2. The molecule has 0 amide bonds. The minimum absolute atomic E-state index is 0.236. The fraction of sp³-hybridized carbons (Fsp3) is 0.636. The van der Waals surface area contributed by atoms with Crippen molar-refractivity contribution in [1.29, 1.82) is 0 Å². The molecule has 0 aliphatic carbocycles. The lowest BCUT2D eigenvalue weighted by Crippen LogP contribution is -2.28. The topological polar surface area (TPSA) is 69.6 Å². The maximum atomic E-state index is 12.1. The Balaban J connectivity index is 2.71. The SMILES string of the molecule is Cc1csc(CO)c1S(=O)(=O)NCCCN(C)C. The average molecular weight is 292 g/mol. The average Bonchev–Trinajstić information content (AvgIpc) is 2.66. The van der Waals surface area contributed by atoms with Gasteiger partial charge in [0.15, 0.2) is 0 Å². The van der Waals surface area contributed by atoms with Crippen LogP contribution in [0.4, 0.5) is 0 Å². The smallest absolute Gasteiger partial charge is 0.242 e. The minimum atomic E-state index is -3.51. The first-order valence-corrected chi connectivity index (χ1v) is 8.07. The van der Waals surface area contributed by atoms with Gasteiger partial charge in [-0.25, -0.2) is 13.1 Å². The Bertz CT molecular complexity index is 480. The van der Waals surface area contributed by atoms with E-state index in [1.807, 2.05) is 19.0 Å². The maximum Gasteiger partial charge on any atom is 0.242 e. The lowest BCUT2D eigenvalue weighted by Gasteiger charge is -2.11. The number of nitrogens with zero attached hydrogens (tertiary/aromatic N) is 1. The molecule has 1 aromatic rings. The standard InChI is InChI=1S/C11H20N2O3S2/c1-9-8-17-10(7-14)11(9)18(15,16)12-5-4-6-13(2)3/h8,12,14H,4-7H2,1-3H3. The van der Waals surface area contributed by atoms with E-state index in [1.165, 1.54) is 11.3 Å². The largest absolute Gasteiger partial charge is 0.391 e. The van der Waals surface area contributed by atoms with Crippen LogP contribution in [0.25, 0.3) is 0 Å². The summed E-state index contributed by atoms with van der Waals surface area (Å²) in [5.41, 5.74) is 0.684. The Morgan fingerprint density at radius 3 is 2.67 bits per heavy atom. The Hall–Kier alpha value is -0.470. The van der Waals surface area contributed by atoms with Crippen LogP contribution in [0.2, 0.25) is 0 Å². The van der Waals surface area contributed by atoms with Crippen molar-refractivity contribution >= 4 is 21.4 Å². The van der Waals surface area contributed by atoms with E-state index in [0.29, 0.717) is 17.0 Å². The summed E-state index contributed by atoms with van der Waals surface area (Å²) in [6.07, 6.45) is 0.754. The molecule has 104 valence electrons. The molecule has 0 fully saturated rings. The molecule has 0 saturated heterocycles. The molecular weight excluding hydrogens is 272 g/mol. The van der Waals surface area contributed by atoms with Crippen molar-refractivity contribution in [3.63, 3.8) is 0 Å². The highest BCUT2D eigenvalue weighted by Gasteiger charge is 2.21. The first-order valence-electron chi connectivity index (χ1n) is 5.70. The number of sulfonamides is 1. The van der Waals surface area contributed by atoms with E-state index in [-0.39, 0.29) is 11.5 Å². The molecule has 5 nitrogen and oxygen atoms in total. The van der Waals surface area contributed by atoms with Gasteiger partial charge in [0.2, 0.25) is 10.0 Å². The molecule has 0 aliphatic heterocycles. The van der Waals surface area contributed by atoms with Crippen LogP contribution >= 0.6 is 11.3 Å². The molecular formula is C11H20N2O3S2. The van der Waals surface area contributed by atoms with Crippen LogP contribution < -0.4 is 4.72 Å². The molecule has 0 aliphatic rings. The number of aliphatic hydroxyl groups excluding tert-OH is 1. The van der Waals surface area contributed by atoms with Crippen molar-refractivity contribution < 1.29 is 13.5 Å². The van der Waals surface area contributed by atoms with Crippen molar-refractivity contribution in [2.45, 2.75) is 24.8 Å². The molecule has 2 N–H and O–H groups in total. The van der Waals surface area contributed by atoms with Gasteiger partial charge >= 0.3 is 0 Å². The number of aliphatic hydroxyl groups is 1. The summed E-state index contributed by atoms with van der Waals surface area (Å²) in [5, 5.41) is 10.9. The minimum Gasteiger partial charge on any atom is -0.391 e. The van der Waals surface area contributed by atoms with Gasteiger partial charge in [-0.3, -0.25) is 0 Å². The van der Waals surface area contributed by atoms with E-state index >= 15 is 0 Å². The van der Waals surface area contributed by atoms with E-state index in [0.717, 1.165) is 13.0 Å². The van der Waals surface area contributed by atoms with Gasteiger partial charge in [0.1, 0.15) is 4.90 Å². The number of hydrogen-bond acceptors (Lipinski definition) is 5. The fourth-order valence-electron chi connectivity index (χ4n) is 1.63. The number of nitrogens with one attached hydrogen (secondary N) is 1. The summed E-state index contributed by atoms with van der Waals surface area (Å²) >= 11 is 1.27. The van der Waals surface area contributed by atoms with E-state index in [4.69, 9.17) is 5.11 Å². The Morgan fingerprint density at radius 1 is 1.44 bits per heavy atom. The Morgan fingerprint density at radius 2 is 2.11 bits per heavy atom. The van der Waals surface area contributed by atoms with E-state index in [9.17, 15) is 8.42 Å². The van der Waals surface area contributed by atoms with Crippen LogP contribution in [0.5, 0.6) is 0 Å². The molecule has 7 heteroatoms. The fourth-order valence-corrected chi connectivity index (χ4v) is 4.36. The van der Waals surface area contributed by atoms with Crippen molar-refractivity contribution in [3.8, 4) is 0 Å². The highest BCUT2D eigenvalue weighted by Crippen LogP contribution is 2.26. The third-order valence-electron chi connectivity index (χ3n) is 2.48. The predicted molar refractivity (Wildman–Crippen MR) is 73.3 cm³/mol. The first-order chi connectivity index (χ1) is 8.38. The molecule has 0 aromatic carbocycles. The van der Waals surface area contributed by atoms with Crippen molar-refractivity contribution in [2.24, 2.45) is 0 Å². The zero-order chi connectivity index (χ0) is 13.8. The molecule has 18 heavy (non-hydrogen) atoms. The third-order valence-corrected chi connectivity index (χ3v) is 5.38. The molecule has 0 bridgehead atoms. The molecule has 0 atom stereocenters. The van der Waals surface area contributed by atoms with Crippen molar-refractivity contribution in [1.82, 2.24) is 9.62 Å². The van der Waals surface area contributed by atoms with Crippen LogP contribution in [-0.4, -0.2) is 45.6 Å². The monoisotopic (exact) mass is 292 g/mol. The number of aryl methyl sites for hydroxylation is 1. The molecule has 1 rings (SSSR count). The van der Waals surface area contributed by atoms with Crippen LogP contribution in [-0.2, 0) is 16.6 Å². The summed E-state index contributed by atoms with van der Waals surface area (Å²) in [4.78, 5) is 2.73. The van der Waals surface area contributed by atoms with Gasteiger partial charge in [-0.05, 0) is 44.9 Å². The van der Waals surface area contributed by atoms with Gasteiger partial charge in [0, 0.05) is 6.54 Å². The van der Waals surface area contributed by atoms with Gasteiger partial charge in [-0.2, -0.15) is 0 Å². The van der Waals surface area contributed by atoms with Crippen LogP contribution in [0.3, 0.4) is 0 Å². The number of thiophene rings is 1. The summed E-state index contributed by atoms with van der Waals surface area (Å²) in [5.74, 6) is 0. The van der Waals surface area contributed by atoms with Gasteiger partial charge in [-0.1, -0.05) is 0 Å². The highest BCUT2D eigenvalue weighted by atomic mass is 32.2. The van der Waals surface area contributed by atoms with E-state index < -0.39 is 10.0 Å². The Labute approximate surface area is 112 Å². The summed E-state index contributed by atoms with van der Waals surface area (Å²) < 4.78 is 26.8. The second kappa shape index (κ2) is 6.63. The third kappa shape index (κ3) is 4.03. The summed E-state index contributed by atoms with van der Waals surface area (Å²) in [7, 11) is 0.385. The van der Waals surface area contributed by atoms with Gasteiger partial charge < -0.3 is 10.0 Å². The van der Waals surface area contributed by atoms with Crippen molar-refractivity contribution in [2.75, 3.05) is 27.2 Å². The second-order valence-electron chi connectivity index (χ2n) is 4.38. The molecule has 0 radical (unpaired) electrons. The first kappa shape index (κ1) is 15.6. The van der Waals surface area contributed by atoms with Crippen LogP contribution in [0, 0.1) is 6.92 Å². The number of rotatable bonds is 7. The maximum absolute atomic E-state index is 12.1. The lowest BCUT2D eigenvalue weighted by atomic mass is 10.3. The van der Waals surface area contributed by atoms with Gasteiger partial charge in [0.05, 0.1) is 11.5 Å². The second-order valence-corrected chi connectivity index (χ2v) is 7.05. The molecule has 1 aromatic heterocycles. The predicted octanol–water partition coefficient (Wildman–Crippen LogP) is 0.779. The van der Waals surface area contributed by atoms with Crippen molar-refractivity contribution in [3.05, 3.63) is 15.8 Å². The summed E-state index contributed by atoms with van der Waals surface area (Å²) in [6, 6.07) is 0.